The van der Waals surface area contributed by atoms with E-state index in [1.807, 2.05) is 0 Å². The molecular weight excluding hydrogens is 432 g/mol. The van der Waals surface area contributed by atoms with Gasteiger partial charge in [-0.15, -0.1) is 0 Å². The van der Waals surface area contributed by atoms with Gasteiger partial charge in [0.15, 0.2) is 5.65 Å². The van der Waals surface area contributed by atoms with Gasteiger partial charge in [0.25, 0.3) is 5.56 Å². The molecule has 0 spiro atoms. The molecule has 0 atom stereocenters. The van der Waals surface area contributed by atoms with Crippen LogP contribution in [-0.2, 0) is 18.4 Å². The smallest absolute Gasteiger partial charge is 0.266 e. The number of nitrogens with one attached hydrogen (secondary N) is 1. The topological polar surface area (TPSA) is 94.7 Å². The maximum absolute atomic E-state index is 12.4. The van der Waals surface area contributed by atoms with Crippen molar-refractivity contribution < 1.29 is 4.79 Å². The van der Waals surface area contributed by atoms with Crippen molar-refractivity contribution in [2.45, 2.75) is 6.54 Å². The minimum Gasteiger partial charge on any atom is -0.309 e. The van der Waals surface area contributed by atoms with E-state index in [9.17, 15) is 9.59 Å². The van der Waals surface area contributed by atoms with E-state index in [-0.39, 0.29) is 18.0 Å². The summed E-state index contributed by atoms with van der Waals surface area (Å²) in [5, 5.41) is 7.05. The van der Waals surface area contributed by atoms with Crippen LogP contribution >= 0.6 is 31.9 Å². The van der Waals surface area contributed by atoms with Crippen LogP contribution in [0.2, 0.25) is 0 Å². The Hall–Kier alpha value is -2.07. The van der Waals surface area contributed by atoms with Crippen LogP contribution in [0, 0.1) is 0 Å². The second-order valence-corrected chi connectivity index (χ2v) is 6.37. The van der Waals surface area contributed by atoms with Crippen LogP contribution < -0.4 is 10.9 Å². The molecule has 0 aromatic carbocycles. The van der Waals surface area contributed by atoms with E-state index in [0.717, 1.165) is 4.47 Å². The van der Waals surface area contributed by atoms with Crippen LogP contribution in [0.5, 0.6) is 0 Å². The SMILES string of the molecule is Cn1nc(Br)c2c(=O)n(CC(=O)Nc3ccc(Br)cn3)cnc21. The monoisotopic (exact) mass is 440 g/mol. The number of aryl methyl sites for hydroxylation is 1. The molecule has 0 radical (unpaired) electrons. The number of rotatable bonds is 3. The van der Waals surface area contributed by atoms with Gasteiger partial charge in [0.05, 0.1) is 0 Å². The quantitative estimate of drug-likeness (QED) is 0.667. The van der Waals surface area contributed by atoms with Gasteiger partial charge in [-0.3, -0.25) is 14.2 Å². The van der Waals surface area contributed by atoms with E-state index in [4.69, 9.17) is 0 Å². The average Bonchev–Trinajstić information content (AvgIpc) is 2.79. The molecule has 3 aromatic rings. The Morgan fingerprint density at radius 2 is 2.09 bits per heavy atom. The molecule has 118 valence electrons. The molecule has 3 heterocycles. The molecule has 0 aliphatic heterocycles. The van der Waals surface area contributed by atoms with Gasteiger partial charge in [0.2, 0.25) is 5.91 Å². The van der Waals surface area contributed by atoms with Gasteiger partial charge in [0.1, 0.15) is 28.7 Å². The first kappa shape index (κ1) is 15.8. The van der Waals surface area contributed by atoms with Crippen molar-refractivity contribution in [3.05, 3.63) is 44.1 Å². The van der Waals surface area contributed by atoms with Gasteiger partial charge in [-0.1, -0.05) is 0 Å². The molecule has 0 fully saturated rings. The van der Waals surface area contributed by atoms with Gasteiger partial charge in [-0.25, -0.2) is 14.6 Å². The standard InChI is InChI=1S/C13H10Br2N6O2/c1-20-12-10(11(15)19-20)13(23)21(6-17-12)5-9(22)18-8-3-2-7(14)4-16-8/h2-4,6H,5H2,1H3,(H,16,18,22). The number of hydrogen-bond donors (Lipinski definition) is 1. The van der Waals surface area contributed by atoms with E-state index in [2.05, 4.69) is 52.2 Å². The van der Waals surface area contributed by atoms with Gasteiger partial charge >= 0.3 is 0 Å². The number of amides is 1. The number of aromatic nitrogens is 5. The Morgan fingerprint density at radius 1 is 1.30 bits per heavy atom. The number of nitrogens with zero attached hydrogens (tertiary/aromatic N) is 5. The molecule has 0 unspecified atom stereocenters. The molecule has 0 bridgehead atoms. The van der Waals surface area contributed by atoms with E-state index in [0.29, 0.717) is 21.5 Å². The molecule has 3 aromatic heterocycles. The van der Waals surface area contributed by atoms with Crippen LogP contribution in [0.4, 0.5) is 5.82 Å². The van der Waals surface area contributed by atoms with E-state index in [1.54, 1.807) is 25.4 Å². The minimum absolute atomic E-state index is 0.166. The maximum Gasteiger partial charge on any atom is 0.266 e. The molecule has 3 rings (SSSR count). The summed E-state index contributed by atoms with van der Waals surface area (Å²) in [7, 11) is 1.69. The molecule has 0 saturated heterocycles. The molecule has 0 aliphatic rings. The van der Waals surface area contributed by atoms with Crippen LogP contribution in [0.25, 0.3) is 11.0 Å². The van der Waals surface area contributed by atoms with Crippen molar-refractivity contribution in [2.75, 3.05) is 5.32 Å². The molecular formula is C13H10Br2N6O2. The number of carbonyl (C=O) groups is 1. The van der Waals surface area contributed by atoms with Crippen LogP contribution in [0.1, 0.15) is 0 Å². The zero-order valence-corrected chi connectivity index (χ0v) is 15.0. The average molecular weight is 442 g/mol. The highest BCUT2D eigenvalue weighted by atomic mass is 79.9. The minimum atomic E-state index is -0.372. The first-order chi connectivity index (χ1) is 11.0. The van der Waals surface area contributed by atoms with Crippen LogP contribution in [0.15, 0.2) is 38.5 Å². The third kappa shape index (κ3) is 3.17. The Bertz CT molecular complexity index is 947. The highest BCUT2D eigenvalue weighted by Crippen LogP contribution is 2.16. The summed E-state index contributed by atoms with van der Waals surface area (Å²) in [4.78, 5) is 32.7. The van der Waals surface area contributed by atoms with Gasteiger partial charge in [-0.05, 0) is 44.0 Å². The molecule has 23 heavy (non-hydrogen) atoms. The highest BCUT2D eigenvalue weighted by Gasteiger charge is 2.15. The van der Waals surface area contributed by atoms with Crippen LogP contribution in [-0.4, -0.2) is 30.2 Å². The normalized spacial score (nSPS) is 10.9. The molecule has 0 aliphatic carbocycles. The fraction of sp³-hybridized carbons (Fsp3) is 0.154. The Balaban J connectivity index is 1.85. The number of pyridine rings is 1. The van der Waals surface area contributed by atoms with Crippen LogP contribution in [0.3, 0.4) is 0 Å². The Kier molecular flexibility index (Phi) is 4.26. The predicted octanol–water partition coefficient (Wildman–Crippen LogP) is 1.69. The molecule has 0 saturated carbocycles. The lowest BCUT2D eigenvalue weighted by molar-refractivity contribution is -0.116. The molecule has 10 heteroatoms. The Morgan fingerprint density at radius 3 is 2.78 bits per heavy atom. The second kappa shape index (κ2) is 6.20. The number of hydrogen-bond acceptors (Lipinski definition) is 5. The van der Waals surface area contributed by atoms with Crippen molar-refractivity contribution in [3.63, 3.8) is 0 Å². The lowest BCUT2D eigenvalue weighted by Gasteiger charge is -2.06. The summed E-state index contributed by atoms with van der Waals surface area (Å²) in [5.74, 6) is 0.0333. The van der Waals surface area contributed by atoms with E-state index < -0.39 is 0 Å². The van der Waals surface area contributed by atoms with Crippen molar-refractivity contribution >= 4 is 54.6 Å². The number of halogens is 2. The highest BCUT2D eigenvalue weighted by molar-refractivity contribution is 9.10. The number of anilines is 1. The van der Waals surface area contributed by atoms with Gasteiger partial charge in [-0.2, -0.15) is 5.10 Å². The van der Waals surface area contributed by atoms with Gasteiger partial charge < -0.3 is 5.32 Å². The summed E-state index contributed by atoms with van der Waals surface area (Å²) in [5.41, 5.74) is 0.113. The zero-order chi connectivity index (χ0) is 16.6. The van der Waals surface area contributed by atoms with Crippen molar-refractivity contribution in [2.24, 2.45) is 7.05 Å². The van der Waals surface area contributed by atoms with E-state index >= 15 is 0 Å². The van der Waals surface area contributed by atoms with Gasteiger partial charge in [0, 0.05) is 17.7 Å². The largest absolute Gasteiger partial charge is 0.309 e. The summed E-state index contributed by atoms with van der Waals surface area (Å²) >= 11 is 6.49. The fourth-order valence-corrected chi connectivity index (χ4v) is 2.85. The summed E-state index contributed by atoms with van der Waals surface area (Å²) in [6, 6.07) is 3.42. The van der Waals surface area contributed by atoms with Crippen molar-refractivity contribution in [1.29, 1.82) is 0 Å². The lowest BCUT2D eigenvalue weighted by Crippen LogP contribution is -2.28. The number of carbonyl (C=O) groups excluding carboxylic acids is 1. The summed E-state index contributed by atoms with van der Waals surface area (Å²) < 4.78 is 3.93. The molecule has 8 nitrogen and oxygen atoms in total. The summed E-state index contributed by atoms with van der Waals surface area (Å²) in [6.45, 7) is -0.166. The molecule has 1 amide bonds. The predicted molar refractivity (Wildman–Crippen MR) is 91.0 cm³/mol. The Labute approximate surface area is 146 Å². The summed E-state index contributed by atoms with van der Waals surface area (Å²) in [6.07, 6.45) is 2.90. The third-order valence-corrected chi connectivity index (χ3v) is 4.10. The third-order valence-electron chi connectivity index (χ3n) is 3.08. The number of fused-ring (bicyclic) bond motifs is 1. The van der Waals surface area contributed by atoms with E-state index in [1.165, 1.54) is 15.6 Å². The zero-order valence-electron chi connectivity index (χ0n) is 11.8. The first-order valence-electron chi connectivity index (χ1n) is 6.45. The second-order valence-electron chi connectivity index (χ2n) is 4.70. The lowest BCUT2D eigenvalue weighted by atomic mass is 10.4. The molecule has 1 N–H and O–H groups in total. The van der Waals surface area contributed by atoms with Crippen molar-refractivity contribution in [3.8, 4) is 0 Å². The first-order valence-corrected chi connectivity index (χ1v) is 8.03. The fourth-order valence-electron chi connectivity index (χ4n) is 2.04. The van der Waals surface area contributed by atoms with Crippen molar-refractivity contribution in [1.82, 2.24) is 24.3 Å². The maximum atomic E-state index is 12.4.